The predicted octanol–water partition coefficient (Wildman–Crippen LogP) is 5.11. The van der Waals surface area contributed by atoms with Gasteiger partial charge in [0.15, 0.2) is 5.78 Å². The number of rotatable bonds is 9. The second-order valence-corrected chi connectivity index (χ2v) is 9.78. The largest absolute Gasteiger partial charge is 0.496 e. The Morgan fingerprint density at radius 2 is 1.78 bits per heavy atom. The van der Waals surface area contributed by atoms with Gasteiger partial charge in [0.1, 0.15) is 11.4 Å². The Morgan fingerprint density at radius 1 is 1.03 bits per heavy atom. The van der Waals surface area contributed by atoms with E-state index in [1.807, 2.05) is 69.4 Å². The highest BCUT2D eigenvalue weighted by Gasteiger charge is 2.21. The van der Waals surface area contributed by atoms with E-state index < -0.39 is 0 Å². The number of hydrogen-bond donors (Lipinski definition) is 2. The third-order valence-electron chi connectivity index (χ3n) is 6.44. The van der Waals surface area contributed by atoms with Crippen LogP contribution in [0, 0.1) is 0 Å². The van der Waals surface area contributed by atoms with Crippen molar-refractivity contribution < 1.29 is 14.3 Å². The molecule has 4 rings (SSSR count). The van der Waals surface area contributed by atoms with Gasteiger partial charge in [-0.25, -0.2) is 4.98 Å². The summed E-state index contributed by atoms with van der Waals surface area (Å²) in [7, 11) is 5.10. The fourth-order valence-corrected chi connectivity index (χ4v) is 4.54. The number of carbonyl (C=O) groups is 2. The molecule has 0 fully saturated rings. The standard InChI is InChI=1S/C30H34N4O3/c1-18(2)33-19(3)27(35)15-21-12-11-20(13-24(21)30(36)34(4)5)22-14-25-26(17-32-29(25)31-16-22)23-9-7-8-10-28(23)37-6/h7-14,16-19,33H,15H2,1-6H3,(H,31,32)/t19-/m1/s1. The maximum absolute atomic E-state index is 13.1. The van der Waals surface area contributed by atoms with Crippen molar-refractivity contribution >= 4 is 22.7 Å². The van der Waals surface area contributed by atoms with E-state index in [9.17, 15) is 9.59 Å². The molecule has 0 bridgehead atoms. The molecule has 7 heteroatoms. The van der Waals surface area contributed by atoms with Crippen LogP contribution in [0.4, 0.5) is 0 Å². The lowest BCUT2D eigenvalue weighted by atomic mass is 9.94. The van der Waals surface area contributed by atoms with Gasteiger partial charge in [0, 0.05) is 66.6 Å². The van der Waals surface area contributed by atoms with Gasteiger partial charge < -0.3 is 19.9 Å². The molecule has 2 N–H and O–H groups in total. The molecule has 7 nitrogen and oxygen atoms in total. The topological polar surface area (TPSA) is 87.3 Å². The number of aromatic amines is 1. The number of ether oxygens (including phenoxy) is 1. The molecule has 37 heavy (non-hydrogen) atoms. The molecular formula is C30H34N4O3. The molecule has 0 radical (unpaired) electrons. The molecule has 0 aliphatic heterocycles. The average Bonchev–Trinajstić information content (AvgIpc) is 3.31. The van der Waals surface area contributed by atoms with E-state index in [4.69, 9.17) is 4.74 Å². The monoisotopic (exact) mass is 498 g/mol. The number of nitrogens with one attached hydrogen (secondary N) is 2. The summed E-state index contributed by atoms with van der Waals surface area (Å²) in [5.74, 6) is 0.688. The number of fused-ring (bicyclic) bond motifs is 1. The summed E-state index contributed by atoms with van der Waals surface area (Å²) in [5.41, 5.74) is 5.70. The molecular weight excluding hydrogens is 464 g/mol. The first kappa shape index (κ1) is 26.1. The van der Waals surface area contributed by atoms with Crippen molar-refractivity contribution in [3.63, 3.8) is 0 Å². The number of para-hydroxylation sites is 1. The van der Waals surface area contributed by atoms with E-state index in [1.54, 1.807) is 27.4 Å². The fraction of sp³-hybridized carbons (Fsp3) is 0.300. The molecule has 0 saturated carbocycles. The van der Waals surface area contributed by atoms with Crippen LogP contribution in [0.3, 0.4) is 0 Å². The lowest BCUT2D eigenvalue weighted by molar-refractivity contribution is -0.120. The summed E-state index contributed by atoms with van der Waals surface area (Å²) in [6, 6.07) is 15.5. The maximum Gasteiger partial charge on any atom is 0.253 e. The number of ketones is 1. The van der Waals surface area contributed by atoms with Crippen molar-refractivity contribution in [1.82, 2.24) is 20.2 Å². The smallest absolute Gasteiger partial charge is 0.253 e. The fourth-order valence-electron chi connectivity index (χ4n) is 4.54. The lowest BCUT2D eigenvalue weighted by Gasteiger charge is -2.18. The van der Waals surface area contributed by atoms with Crippen LogP contribution in [0.1, 0.15) is 36.7 Å². The van der Waals surface area contributed by atoms with Crippen molar-refractivity contribution in [3.8, 4) is 28.0 Å². The highest BCUT2D eigenvalue weighted by Crippen LogP contribution is 2.36. The van der Waals surface area contributed by atoms with Crippen molar-refractivity contribution in [1.29, 1.82) is 0 Å². The summed E-state index contributed by atoms with van der Waals surface area (Å²) < 4.78 is 5.57. The number of H-pyrrole nitrogens is 1. The Morgan fingerprint density at radius 3 is 2.49 bits per heavy atom. The van der Waals surface area contributed by atoms with Crippen LogP contribution in [0.15, 0.2) is 60.9 Å². The molecule has 0 aliphatic carbocycles. The number of Topliss-reactive ketones (excluding diaryl/α,β-unsaturated/α-hetero) is 1. The minimum absolute atomic E-state index is 0.0473. The van der Waals surface area contributed by atoms with Crippen molar-refractivity contribution in [3.05, 3.63) is 72.1 Å². The van der Waals surface area contributed by atoms with Crippen molar-refractivity contribution in [2.24, 2.45) is 0 Å². The second-order valence-electron chi connectivity index (χ2n) is 9.78. The molecule has 2 aromatic heterocycles. The molecule has 0 saturated heterocycles. The molecule has 0 aliphatic rings. The molecule has 0 unspecified atom stereocenters. The van der Waals surface area contributed by atoms with Gasteiger partial charge in [0.25, 0.3) is 5.91 Å². The van der Waals surface area contributed by atoms with Gasteiger partial charge in [-0.2, -0.15) is 0 Å². The Balaban J connectivity index is 1.75. The molecule has 1 atom stereocenters. The lowest BCUT2D eigenvalue weighted by Crippen LogP contribution is -2.39. The maximum atomic E-state index is 13.1. The molecule has 0 spiro atoms. The second kappa shape index (κ2) is 11.0. The Hall–Kier alpha value is -3.97. The number of amides is 1. The van der Waals surface area contributed by atoms with Crippen molar-refractivity contribution in [2.75, 3.05) is 21.2 Å². The number of benzene rings is 2. The van der Waals surface area contributed by atoms with Crippen molar-refractivity contribution in [2.45, 2.75) is 39.3 Å². The summed E-state index contributed by atoms with van der Waals surface area (Å²) >= 11 is 0. The first-order chi connectivity index (χ1) is 17.7. The van der Waals surface area contributed by atoms with Crippen LogP contribution in [0.25, 0.3) is 33.3 Å². The number of hydrogen-bond acceptors (Lipinski definition) is 5. The van der Waals surface area contributed by atoms with E-state index in [1.165, 1.54) is 4.90 Å². The van der Waals surface area contributed by atoms with E-state index in [2.05, 4.69) is 21.4 Å². The highest BCUT2D eigenvalue weighted by atomic mass is 16.5. The summed E-state index contributed by atoms with van der Waals surface area (Å²) in [6.45, 7) is 5.88. The molecule has 1 amide bonds. The summed E-state index contributed by atoms with van der Waals surface area (Å²) in [6.07, 6.45) is 3.91. The number of nitrogens with zero attached hydrogens (tertiary/aromatic N) is 2. The van der Waals surface area contributed by atoms with Gasteiger partial charge >= 0.3 is 0 Å². The first-order valence-corrected chi connectivity index (χ1v) is 12.4. The zero-order valence-electron chi connectivity index (χ0n) is 22.3. The molecule has 192 valence electrons. The Labute approximate surface area is 217 Å². The third-order valence-corrected chi connectivity index (χ3v) is 6.44. The number of methoxy groups -OCH3 is 1. The van der Waals surface area contributed by atoms with Gasteiger partial charge in [-0.1, -0.05) is 44.2 Å². The summed E-state index contributed by atoms with van der Waals surface area (Å²) in [5, 5.41) is 4.20. The van der Waals surface area contributed by atoms with E-state index in [0.717, 1.165) is 44.6 Å². The molecule has 2 heterocycles. The highest BCUT2D eigenvalue weighted by molar-refractivity contribution is 6.00. The minimum atomic E-state index is -0.296. The van der Waals surface area contributed by atoms with E-state index in [-0.39, 0.29) is 30.2 Å². The zero-order valence-corrected chi connectivity index (χ0v) is 22.3. The van der Waals surface area contributed by atoms with E-state index >= 15 is 0 Å². The van der Waals surface area contributed by atoms with Gasteiger partial charge in [0.05, 0.1) is 13.2 Å². The van der Waals surface area contributed by atoms with Crippen LogP contribution in [-0.4, -0.2) is 59.8 Å². The Bertz CT molecular complexity index is 1440. The van der Waals surface area contributed by atoms with Gasteiger partial charge in [-0.3, -0.25) is 9.59 Å². The predicted molar refractivity (Wildman–Crippen MR) is 148 cm³/mol. The first-order valence-electron chi connectivity index (χ1n) is 12.4. The number of pyridine rings is 1. The molecule has 4 aromatic rings. The number of carbonyl (C=O) groups excluding carboxylic acids is 2. The normalized spacial score (nSPS) is 12.1. The Kier molecular flexibility index (Phi) is 7.74. The van der Waals surface area contributed by atoms with Crippen LogP contribution in [-0.2, 0) is 11.2 Å². The van der Waals surface area contributed by atoms with Crippen LogP contribution in [0.5, 0.6) is 5.75 Å². The molecule has 2 aromatic carbocycles. The van der Waals surface area contributed by atoms with Gasteiger partial charge in [-0.15, -0.1) is 0 Å². The quantitative estimate of drug-likeness (QED) is 0.335. The van der Waals surface area contributed by atoms with E-state index in [0.29, 0.717) is 5.56 Å². The summed E-state index contributed by atoms with van der Waals surface area (Å²) in [4.78, 5) is 35.4. The minimum Gasteiger partial charge on any atom is -0.496 e. The average molecular weight is 499 g/mol. The van der Waals surface area contributed by atoms with Crippen LogP contribution < -0.4 is 10.1 Å². The third kappa shape index (κ3) is 5.57. The van der Waals surface area contributed by atoms with Crippen LogP contribution >= 0.6 is 0 Å². The number of aromatic nitrogens is 2. The zero-order chi connectivity index (χ0) is 26.7. The SMILES string of the molecule is COc1ccccc1-c1c[nH]c2ncc(-c3ccc(CC(=O)[C@@H](C)NC(C)C)c(C(=O)N(C)C)c3)cc12. The van der Waals surface area contributed by atoms with Gasteiger partial charge in [-0.05, 0) is 36.2 Å². The van der Waals surface area contributed by atoms with Gasteiger partial charge in [0.2, 0.25) is 0 Å². The van der Waals surface area contributed by atoms with Crippen LogP contribution in [0.2, 0.25) is 0 Å².